The van der Waals surface area contributed by atoms with E-state index in [0.29, 0.717) is 11.8 Å². The van der Waals surface area contributed by atoms with Crippen molar-refractivity contribution in [1.29, 1.82) is 0 Å². The molecule has 88 heavy (non-hydrogen) atoms. The van der Waals surface area contributed by atoms with Crippen LogP contribution in [0.15, 0.2) is 267 Å². The van der Waals surface area contributed by atoms with Gasteiger partial charge in [-0.25, -0.2) is 0 Å². The van der Waals surface area contributed by atoms with E-state index in [1.165, 1.54) is 163 Å². The fourth-order valence-electron chi connectivity index (χ4n) is 13.8. The second-order valence-electron chi connectivity index (χ2n) is 23.9. The van der Waals surface area contributed by atoms with Gasteiger partial charge >= 0.3 is 41.9 Å². The van der Waals surface area contributed by atoms with Crippen molar-refractivity contribution in [2.45, 2.75) is 65.5 Å². The minimum Gasteiger partial charge on any atom is -1.00 e. The zero-order valence-electron chi connectivity index (χ0n) is 50.7. The Balaban J connectivity index is 0.000000158. The monoisotopic (exact) mass is 1260 g/mol. The molecule has 0 aliphatic rings. The molecular weight excluding hydrogens is 1200 g/mol. The van der Waals surface area contributed by atoms with Crippen LogP contribution >= 0.6 is 0 Å². The van der Waals surface area contributed by atoms with Gasteiger partial charge in [0.15, 0.2) is 0 Å². The largest absolute Gasteiger partial charge is 1.00 e. The molecule has 0 amide bonds. The Kier molecular flexibility index (Phi) is 17.6. The molecule has 16 aromatic carbocycles. The molecule has 428 valence electrons. The van der Waals surface area contributed by atoms with Crippen LogP contribution in [0.4, 0.5) is 0 Å². The van der Waals surface area contributed by atoms with Crippen LogP contribution in [0.5, 0.6) is 0 Å². The standard InChI is InChI=1S/2C41H31.C2H6Si.2ClH.Zr/c2*1-3-26(2)31-24-38-36(40-32-16-8-4-12-27(32)22-28-13-5-9-17-33(28)40)20-21-37(39(38)25-31)41-34-18-10-6-14-29(34)23-30-15-7-11-19-35(30)41;1-3-2;;;/h2*4-26H,3H2,1-2H3;1-2H3;2*1H;/q2*-1;;;;+2/p-2. The molecule has 0 heterocycles. The van der Waals surface area contributed by atoms with E-state index in [0.717, 1.165) is 12.8 Å². The Morgan fingerprint density at radius 1 is 0.295 bits per heavy atom. The summed E-state index contributed by atoms with van der Waals surface area (Å²) < 4.78 is 0. The Labute approximate surface area is 544 Å². The fraction of sp³-hybridized carbons (Fsp3) is 0.119. The van der Waals surface area contributed by atoms with E-state index in [1.807, 2.05) is 0 Å². The number of rotatable bonds is 8. The molecular formula is C84H68Cl2SiZr-2. The van der Waals surface area contributed by atoms with Crippen molar-refractivity contribution < 1.29 is 48.1 Å². The van der Waals surface area contributed by atoms with Gasteiger partial charge in [0, 0.05) is 0 Å². The van der Waals surface area contributed by atoms with Crippen molar-refractivity contribution in [2.75, 3.05) is 0 Å². The molecule has 0 spiro atoms. The Hall–Kier alpha value is -7.94. The summed E-state index contributed by atoms with van der Waals surface area (Å²) in [5.74, 6) is 0.994. The maximum absolute atomic E-state index is 2.48. The predicted octanol–water partition coefficient (Wildman–Crippen LogP) is 18.8. The summed E-state index contributed by atoms with van der Waals surface area (Å²) in [5.41, 5.74) is 13.6. The quantitative estimate of drug-likeness (QED) is 0.0808. The molecule has 0 N–H and O–H groups in total. The molecule has 0 fully saturated rings. The SMILES string of the molecule is CCC(C)c1cc2c(-c3c4ccccc4cc4ccccc34)ccc(-c3c4ccccc4cc4ccccc34)c2[cH-]1.CCC(C)c1cc2c(-c3c4ccccc4cc4ccccc34)ccc(-c3c4ccccc4cc4ccccc34)c2[cH-]1.C[Si](C)=[Zr+2].[Cl-].[Cl-]. The van der Waals surface area contributed by atoms with Crippen LogP contribution < -0.4 is 24.8 Å². The first kappa shape index (κ1) is 60.3. The third kappa shape index (κ3) is 10.9. The normalized spacial score (nSPS) is 12.1. The average Bonchev–Trinajstić information content (AvgIpc) is 3.98. The van der Waals surface area contributed by atoms with Crippen molar-refractivity contribution >= 4 is 113 Å². The van der Waals surface area contributed by atoms with Crippen LogP contribution in [0.25, 0.3) is 152 Å². The van der Waals surface area contributed by atoms with Gasteiger partial charge in [-0.3, -0.25) is 0 Å². The van der Waals surface area contributed by atoms with Crippen molar-refractivity contribution in [3.63, 3.8) is 0 Å². The van der Waals surface area contributed by atoms with E-state index in [4.69, 9.17) is 0 Å². The molecule has 0 saturated heterocycles. The molecule has 0 nitrogen and oxygen atoms in total. The maximum Gasteiger partial charge on any atom is -1.00 e. The fourth-order valence-corrected chi connectivity index (χ4v) is 13.8. The Morgan fingerprint density at radius 3 is 0.705 bits per heavy atom. The Bertz CT molecular complexity index is 4460. The van der Waals surface area contributed by atoms with Gasteiger partial charge in [0.1, 0.15) is 0 Å². The summed E-state index contributed by atoms with van der Waals surface area (Å²) in [6, 6.07) is 99.6. The molecule has 2 unspecified atom stereocenters. The van der Waals surface area contributed by atoms with Gasteiger partial charge in [-0.1, -0.05) is 281 Å². The summed E-state index contributed by atoms with van der Waals surface area (Å²) in [6.07, 6.45) is 2.24. The smallest absolute Gasteiger partial charge is 1.00 e. The van der Waals surface area contributed by atoms with Crippen molar-refractivity contribution in [3.8, 4) is 44.5 Å². The Morgan fingerprint density at radius 2 is 0.489 bits per heavy atom. The topological polar surface area (TPSA) is 0 Å². The first-order valence-electron chi connectivity index (χ1n) is 30.8. The molecule has 0 bridgehead atoms. The molecule has 0 saturated carbocycles. The van der Waals surface area contributed by atoms with E-state index < -0.39 is 0 Å². The van der Waals surface area contributed by atoms with Crippen LogP contribution in [-0.2, 0) is 23.3 Å². The summed E-state index contributed by atoms with van der Waals surface area (Å²) in [7, 11) is 0. The van der Waals surface area contributed by atoms with Crippen molar-refractivity contribution in [2.24, 2.45) is 0 Å². The molecule has 16 rings (SSSR count). The zero-order chi connectivity index (χ0) is 58.6. The first-order chi connectivity index (χ1) is 42.1. The van der Waals surface area contributed by atoms with E-state index in [1.54, 1.807) is 23.3 Å². The summed E-state index contributed by atoms with van der Waals surface area (Å²) in [6.45, 7) is 13.9. The summed E-state index contributed by atoms with van der Waals surface area (Å²) >= 11 is 1.74. The minimum atomic E-state index is 0. The average molecular weight is 1270 g/mol. The molecule has 0 aromatic heterocycles. The van der Waals surface area contributed by atoms with Gasteiger partial charge in [-0.2, -0.15) is 12.1 Å². The van der Waals surface area contributed by atoms with E-state index in [9.17, 15) is 0 Å². The molecule has 0 radical (unpaired) electrons. The second kappa shape index (κ2) is 25.6. The number of fused-ring (bicyclic) bond motifs is 10. The van der Waals surface area contributed by atoms with Crippen LogP contribution in [0.1, 0.15) is 63.5 Å². The molecule has 0 aliphatic heterocycles. The van der Waals surface area contributed by atoms with Crippen LogP contribution in [0.3, 0.4) is 0 Å². The minimum absolute atomic E-state index is 0. The molecule has 0 aliphatic carbocycles. The molecule has 16 aromatic rings. The number of hydrogen-bond donors (Lipinski definition) is 0. The summed E-state index contributed by atoms with van der Waals surface area (Å²) in [4.78, 5) is 0. The van der Waals surface area contributed by atoms with Crippen molar-refractivity contribution in [3.05, 3.63) is 278 Å². The van der Waals surface area contributed by atoms with E-state index in [-0.39, 0.29) is 30.2 Å². The van der Waals surface area contributed by atoms with Gasteiger partial charge in [0.2, 0.25) is 0 Å². The van der Waals surface area contributed by atoms with E-state index in [2.05, 4.69) is 308 Å². The molecule has 2 atom stereocenters. The number of hydrogen-bond acceptors (Lipinski definition) is 0. The van der Waals surface area contributed by atoms with Crippen LogP contribution in [0, 0.1) is 0 Å². The van der Waals surface area contributed by atoms with Gasteiger partial charge in [0.25, 0.3) is 0 Å². The van der Waals surface area contributed by atoms with E-state index >= 15 is 0 Å². The zero-order valence-corrected chi connectivity index (χ0v) is 55.7. The molecule has 4 heteroatoms. The predicted molar refractivity (Wildman–Crippen MR) is 376 cm³/mol. The van der Waals surface area contributed by atoms with Gasteiger partial charge in [0.05, 0.1) is 0 Å². The third-order valence-electron chi connectivity index (χ3n) is 18.3. The van der Waals surface area contributed by atoms with Gasteiger partial charge in [-0.05, 0) is 145 Å². The third-order valence-corrected chi connectivity index (χ3v) is 18.3. The van der Waals surface area contributed by atoms with Gasteiger partial charge < -0.3 is 24.8 Å². The second-order valence-corrected chi connectivity index (χ2v) is 33.3. The van der Waals surface area contributed by atoms with Crippen LogP contribution in [-0.4, -0.2) is 5.43 Å². The number of benzene rings is 14. The van der Waals surface area contributed by atoms with Gasteiger partial charge in [-0.15, -0.1) is 44.8 Å². The number of halogens is 2. The first-order valence-corrected chi connectivity index (χ1v) is 37.0. The maximum atomic E-state index is 2.48. The van der Waals surface area contributed by atoms with Crippen molar-refractivity contribution in [1.82, 2.24) is 0 Å². The summed E-state index contributed by atoms with van der Waals surface area (Å²) in [5, 5.41) is 26.1. The van der Waals surface area contributed by atoms with Crippen LogP contribution in [0.2, 0.25) is 13.1 Å².